The van der Waals surface area contributed by atoms with Crippen molar-refractivity contribution in [2.75, 3.05) is 6.61 Å². The van der Waals surface area contributed by atoms with E-state index in [0.29, 0.717) is 0 Å². The molecule has 0 fully saturated rings. The molecule has 0 amide bonds. The fourth-order valence-corrected chi connectivity index (χ4v) is 2.25. The first-order valence-electron chi connectivity index (χ1n) is 5.10. The van der Waals surface area contributed by atoms with E-state index >= 15 is 0 Å². The fraction of sp³-hybridized carbons (Fsp3) is 0.385. The van der Waals surface area contributed by atoms with E-state index in [1.807, 2.05) is 6.92 Å². The van der Waals surface area contributed by atoms with Gasteiger partial charge >= 0.3 is 0 Å². The Kier molecular flexibility index (Phi) is 2.20. The van der Waals surface area contributed by atoms with Gasteiger partial charge in [-0.3, -0.25) is 0 Å². The van der Waals surface area contributed by atoms with E-state index in [0.717, 1.165) is 6.61 Å². The summed E-state index contributed by atoms with van der Waals surface area (Å²) in [7, 11) is 0. The molecule has 1 atom stereocenters. The van der Waals surface area contributed by atoms with E-state index in [2.05, 4.69) is 44.2 Å². The number of ether oxygens (including phenoxy) is 1. The van der Waals surface area contributed by atoms with Gasteiger partial charge in [0.2, 0.25) is 0 Å². The van der Waals surface area contributed by atoms with Gasteiger partial charge in [-0.05, 0) is 43.5 Å². The summed E-state index contributed by atoms with van der Waals surface area (Å²) in [6.07, 6.45) is 2.21. The molecule has 0 N–H and O–H groups in total. The molecule has 0 radical (unpaired) electrons. The topological polar surface area (TPSA) is 9.23 Å². The average Bonchev–Trinajstić information content (AvgIpc) is 2.41. The van der Waals surface area contributed by atoms with Crippen molar-refractivity contribution in [3.05, 3.63) is 41.5 Å². The molecule has 1 aliphatic carbocycles. The molecule has 1 aromatic carbocycles. The van der Waals surface area contributed by atoms with Crippen molar-refractivity contribution in [1.82, 2.24) is 0 Å². The first kappa shape index (κ1) is 9.47. The molecule has 0 saturated carbocycles. The molecule has 0 heterocycles. The number of benzene rings is 1. The van der Waals surface area contributed by atoms with Crippen LogP contribution in [0.4, 0.5) is 0 Å². The van der Waals surface area contributed by atoms with E-state index < -0.39 is 0 Å². The molecular weight excluding hydrogens is 172 g/mol. The third-order valence-electron chi connectivity index (χ3n) is 2.82. The lowest BCUT2D eigenvalue weighted by atomic mass is 9.98. The first-order valence-corrected chi connectivity index (χ1v) is 5.10. The van der Waals surface area contributed by atoms with Gasteiger partial charge in [0.05, 0.1) is 0 Å². The molecule has 14 heavy (non-hydrogen) atoms. The number of hydrogen-bond acceptors (Lipinski definition) is 1. The Balaban J connectivity index is 2.51. The summed E-state index contributed by atoms with van der Waals surface area (Å²) in [5, 5.41) is 0. The normalized spacial score (nSPS) is 24.6. The maximum absolute atomic E-state index is 5.81. The molecule has 0 saturated heterocycles. The number of hydrogen-bond donors (Lipinski definition) is 0. The van der Waals surface area contributed by atoms with Crippen LogP contribution in [0.25, 0.3) is 5.57 Å². The summed E-state index contributed by atoms with van der Waals surface area (Å²) in [6.45, 7) is 7.05. The number of allylic oxidation sites excluding steroid dienone is 1. The van der Waals surface area contributed by atoms with Crippen LogP contribution in [0.1, 0.15) is 31.9 Å². The Morgan fingerprint density at radius 1 is 1.29 bits per heavy atom. The smallest absolute Gasteiger partial charge is 0.110 e. The van der Waals surface area contributed by atoms with Crippen LogP contribution < -0.4 is 0 Å². The van der Waals surface area contributed by atoms with Gasteiger partial charge in [-0.15, -0.1) is 0 Å². The van der Waals surface area contributed by atoms with Crippen molar-refractivity contribution in [1.29, 1.82) is 0 Å². The molecular formula is C13H16O. The van der Waals surface area contributed by atoms with Gasteiger partial charge in [-0.1, -0.05) is 24.3 Å². The summed E-state index contributed by atoms with van der Waals surface area (Å²) in [5.41, 5.74) is 3.72. The lowest BCUT2D eigenvalue weighted by molar-refractivity contribution is 0.0128. The van der Waals surface area contributed by atoms with Crippen LogP contribution in [-0.2, 0) is 10.3 Å². The highest BCUT2D eigenvalue weighted by molar-refractivity contribution is 5.74. The Bertz CT molecular complexity index is 379. The highest BCUT2D eigenvalue weighted by Gasteiger charge is 2.32. The van der Waals surface area contributed by atoms with E-state index in [1.54, 1.807) is 0 Å². The van der Waals surface area contributed by atoms with Gasteiger partial charge in [0.15, 0.2) is 0 Å². The highest BCUT2D eigenvalue weighted by atomic mass is 16.5. The van der Waals surface area contributed by atoms with Gasteiger partial charge < -0.3 is 4.74 Å². The van der Waals surface area contributed by atoms with Crippen molar-refractivity contribution in [2.45, 2.75) is 26.4 Å². The second-order valence-electron chi connectivity index (χ2n) is 3.91. The van der Waals surface area contributed by atoms with Crippen molar-refractivity contribution in [2.24, 2.45) is 0 Å². The van der Waals surface area contributed by atoms with E-state index in [4.69, 9.17) is 4.74 Å². The Morgan fingerprint density at radius 3 is 2.71 bits per heavy atom. The minimum atomic E-state index is -0.213. The van der Waals surface area contributed by atoms with Crippen LogP contribution in [0.5, 0.6) is 0 Å². The largest absolute Gasteiger partial charge is 0.367 e. The van der Waals surface area contributed by atoms with Gasteiger partial charge in [0, 0.05) is 6.61 Å². The molecule has 0 aromatic heterocycles. The highest BCUT2D eigenvalue weighted by Crippen LogP contribution is 2.40. The SMILES string of the molecule is CCOC1(C)C=C(C)c2ccccc21. The lowest BCUT2D eigenvalue weighted by Gasteiger charge is -2.23. The molecule has 1 aliphatic rings. The number of rotatable bonds is 2. The lowest BCUT2D eigenvalue weighted by Crippen LogP contribution is -2.21. The minimum absolute atomic E-state index is 0.213. The van der Waals surface area contributed by atoms with Gasteiger partial charge in [-0.25, -0.2) is 0 Å². The minimum Gasteiger partial charge on any atom is -0.367 e. The zero-order chi connectivity index (χ0) is 10.2. The molecule has 0 bridgehead atoms. The molecule has 2 rings (SSSR count). The van der Waals surface area contributed by atoms with Crippen LogP contribution in [0.3, 0.4) is 0 Å². The molecule has 1 aromatic rings. The quantitative estimate of drug-likeness (QED) is 0.691. The average molecular weight is 188 g/mol. The summed E-state index contributed by atoms with van der Waals surface area (Å²) in [4.78, 5) is 0. The molecule has 1 heteroatoms. The van der Waals surface area contributed by atoms with Crippen LogP contribution >= 0.6 is 0 Å². The number of fused-ring (bicyclic) bond motifs is 1. The Morgan fingerprint density at radius 2 is 2.00 bits per heavy atom. The van der Waals surface area contributed by atoms with E-state index in [1.165, 1.54) is 16.7 Å². The van der Waals surface area contributed by atoms with Crippen LogP contribution in [0.2, 0.25) is 0 Å². The van der Waals surface area contributed by atoms with Gasteiger partial charge in [-0.2, -0.15) is 0 Å². The molecule has 1 unspecified atom stereocenters. The van der Waals surface area contributed by atoms with Crippen LogP contribution in [0, 0.1) is 0 Å². The van der Waals surface area contributed by atoms with Crippen molar-refractivity contribution in [3.63, 3.8) is 0 Å². The predicted octanol–water partition coefficient (Wildman–Crippen LogP) is 3.36. The van der Waals surface area contributed by atoms with Crippen molar-refractivity contribution in [3.8, 4) is 0 Å². The standard InChI is InChI=1S/C13H16O/c1-4-14-13(3)9-10(2)11-7-5-6-8-12(11)13/h5-9H,4H2,1-3H3. The molecule has 0 aliphatic heterocycles. The summed E-state index contributed by atoms with van der Waals surface area (Å²) < 4.78 is 5.81. The van der Waals surface area contributed by atoms with Gasteiger partial charge in [0.1, 0.15) is 5.60 Å². The second kappa shape index (κ2) is 3.25. The maximum atomic E-state index is 5.81. The zero-order valence-electron chi connectivity index (χ0n) is 9.00. The third-order valence-corrected chi connectivity index (χ3v) is 2.82. The summed E-state index contributed by atoms with van der Waals surface area (Å²) in [6, 6.07) is 8.46. The fourth-order valence-electron chi connectivity index (χ4n) is 2.25. The zero-order valence-corrected chi connectivity index (χ0v) is 9.00. The van der Waals surface area contributed by atoms with Crippen LogP contribution in [-0.4, -0.2) is 6.61 Å². The van der Waals surface area contributed by atoms with E-state index in [-0.39, 0.29) is 5.60 Å². The Labute approximate surface area is 85.4 Å². The monoisotopic (exact) mass is 188 g/mol. The molecule has 1 nitrogen and oxygen atoms in total. The summed E-state index contributed by atoms with van der Waals surface area (Å²) >= 11 is 0. The maximum Gasteiger partial charge on any atom is 0.110 e. The van der Waals surface area contributed by atoms with Crippen molar-refractivity contribution < 1.29 is 4.74 Å². The first-order chi connectivity index (χ1) is 6.67. The summed E-state index contributed by atoms with van der Waals surface area (Å²) in [5.74, 6) is 0. The van der Waals surface area contributed by atoms with Crippen molar-refractivity contribution >= 4 is 5.57 Å². The second-order valence-corrected chi connectivity index (χ2v) is 3.91. The molecule has 74 valence electrons. The Hall–Kier alpha value is -1.08. The van der Waals surface area contributed by atoms with E-state index in [9.17, 15) is 0 Å². The third kappa shape index (κ3) is 1.28. The van der Waals surface area contributed by atoms with Crippen LogP contribution in [0.15, 0.2) is 30.3 Å². The molecule has 0 spiro atoms. The predicted molar refractivity (Wildman–Crippen MR) is 59.1 cm³/mol. The van der Waals surface area contributed by atoms with Gasteiger partial charge in [0.25, 0.3) is 0 Å².